The van der Waals surface area contributed by atoms with Crippen LogP contribution in [0.3, 0.4) is 0 Å². The zero-order chi connectivity index (χ0) is 12.7. The van der Waals surface area contributed by atoms with E-state index in [0.717, 1.165) is 29.1 Å². The highest BCUT2D eigenvalue weighted by molar-refractivity contribution is 6.30. The Labute approximate surface area is 112 Å². The standard InChI is InChI=1S/C14H16ClN3/c1-9-8-10(15)6-7-12(9)18-13-5-3-2-4-11(13)14(16)17-18/h6-8H,2-5H2,1H3,(H2,16,17). The summed E-state index contributed by atoms with van der Waals surface area (Å²) >= 11 is 6.00. The van der Waals surface area contributed by atoms with Crippen molar-refractivity contribution in [3.05, 3.63) is 40.0 Å². The van der Waals surface area contributed by atoms with Crippen LogP contribution in [0, 0.1) is 6.92 Å². The number of rotatable bonds is 1. The van der Waals surface area contributed by atoms with Crippen LogP contribution < -0.4 is 5.73 Å². The molecule has 3 rings (SSSR count). The Morgan fingerprint density at radius 1 is 1.28 bits per heavy atom. The number of nitrogen functional groups attached to an aromatic ring is 1. The molecule has 94 valence electrons. The van der Waals surface area contributed by atoms with Crippen molar-refractivity contribution in [2.75, 3.05) is 5.73 Å². The first-order valence-corrected chi connectivity index (χ1v) is 6.67. The van der Waals surface area contributed by atoms with E-state index in [-0.39, 0.29) is 0 Å². The molecule has 0 amide bonds. The Hall–Kier alpha value is -1.48. The zero-order valence-corrected chi connectivity index (χ0v) is 11.2. The molecule has 1 heterocycles. The minimum absolute atomic E-state index is 0.680. The molecule has 0 atom stereocenters. The van der Waals surface area contributed by atoms with Gasteiger partial charge in [-0.15, -0.1) is 0 Å². The number of aromatic nitrogens is 2. The van der Waals surface area contributed by atoms with Gasteiger partial charge >= 0.3 is 0 Å². The second-order valence-corrected chi connectivity index (χ2v) is 5.30. The molecule has 0 fully saturated rings. The number of aryl methyl sites for hydroxylation is 1. The van der Waals surface area contributed by atoms with Gasteiger partial charge in [0.15, 0.2) is 0 Å². The van der Waals surface area contributed by atoms with Gasteiger partial charge in [0.05, 0.1) is 5.69 Å². The highest BCUT2D eigenvalue weighted by Gasteiger charge is 2.20. The highest BCUT2D eigenvalue weighted by atomic mass is 35.5. The van der Waals surface area contributed by atoms with Gasteiger partial charge in [0, 0.05) is 16.3 Å². The molecule has 0 spiro atoms. The fourth-order valence-electron chi connectivity index (χ4n) is 2.68. The molecule has 0 aliphatic heterocycles. The molecule has 0 radical (unpaired) electrons. The molecule has 1 aliphatic carbocycles. The maximum atomic E-state index is 6.02. The van der Waals surface area contributed by atoms with Crippen molar-refractivity contribution in [2.24, 2.45) is 0 Å². The minimum atomic E-state index is 0.680. The Morgan fingerprint density at radius 2 is 2.06 bits per heavy atom. The van der Waals surface area contributed by atoms with Crippen LogP contribution in [0.1, 0.15) is 29.7 Å². The molecule has 1 aliphatic rings. The molecule has 0 saturated heterocycles. The van der Waals surface area contributed by atoms with E-state index in [4.69, 9.17) is 17.3 Å². The Balaban J connectivity index is 2.17. The fourth-order valence-corrected chi connectivity index (χ4v) is 2.91. The van der Waals surface area contributed by atoms with Crippen molar-refractivity contribution >= 4 is 17.4 Å². The zero-order valence-electron chi connectivity index (χ0n) is 10.4. The van der Waals surface area contributed by atoms with Crippen LogP contribution in [0.25, 0.3) is 5.69 Å². The van der Waals surface area contributed by atoms with E-state index in [1.807, 2.05) is 29.8 Å². The smallest absolute Gasteiger partial charge is 0.149 e. The fraction of sp³-hybridized carbons (Fsp3) is 0.357. The SMILES string of the molecule is Cc1cc(Cl)ccc1-n1nc(N)c2c1CCCC2. The van der Waals surface area contributed by atoms with Gasteiger partial charge in [-0.1, -0.05) is 11.6 Å². The topological polar surface area (TPSA) is 43.8 Å². The summed E-state index contributed by atoms with van der Waals surface area (Å²) < 4.78 is 2.00. The molecular weight excluding hydrogens is 246 g/mol. The van der Waals surface area contributed by atoms with Crippen molar-refractivity contribution in [2.45, 2.75) is 32.6 Å². The second-order valence-electron chi connectivity index (χ2n) is 4.86. The van der Waals surface area contributed by atoms with E-state index >= 15 is 0 Å². The average molecular weight is 262 g/mol. The first kappa shape index (κ1) is 11.6. The number of benzene rings is 1. The Kier molecular flexibility index (Phi) is 2.78. The van der Waals surface area contributed by atoms with E-state index < -0.39 is 0 Å². The van der Waals surface area contributed by atoms with Gasteiger partial charge in [-0.25, -0.2) is 4.68 Å². The molecule has 0 unspecified atom stereocenters. The lowest BCUT2D eigenvalue weighted by Gasteiger charge is -2.15. The van der Waals surface area contributed by atoms with Crippen molar-refractivity contribution in [1.29, 1.82) is 0 Å². The van der Waals surface area contributed by atoms with E-state index in [9.17, 15) is 0 Å². The first-order chi connectivity index (χ1) is 8.66. The van der Waals surface area contributed by atoms with Crippen LogP contribution in [-0.4, -0.2) is 9.78 Å². The average Bonchev–Trinajstić information content (AvgIpc) is 2.68. The second kappa shape index (κ2) is 4.32. The van der Waals surface area contributed by atoms with Crippen LogP contribution in [0.5, 0.6) is 0 Å². The maximum absolute atomic E-state index is 6.02. The van der Waals surface area contributed by atoms with Crippen molar-refractivity contribution in [3.63, 3.8) is 0 Å². The first-order valence-electron chi connectivity index (χ1n) is 6.29. The highest BCUT2D eigenvalue weighted by Crippen LogP contribution is 2.29. The van der Waals surface area contributed by atoms with E-state index in [0.29, 0.717) is 5.82 Å². The molecule has 1 aromatic carbocycles. The minimum Gasteiger partial charge on any atom is -0.382 e. The monoisotopic (exact) mass is 261 g/mol. The number of nitrogens with zero attached hydrogens (tertiary/aromatic N) is 2. The molecule has 0 saturated carbocycles. The van der Waals surface area contributed by atoms with Gasteiger partial charge < -0.3 is 5.73 Å². The van der Waals surface area contributed by atoms with Gasteiger partial charge in [0.2, 0.25) is 0 Å². The van der Waals surface area contributed by atoms with Crippen molar-refractivity contribution in [3.8, 4) is 5.69 Å². The third-order valence-corrected chi connectivity index (χ3v) is 3.83. The summed E-state index contributed by atoms with van der Waals surface area (Å²) in [6.45, 7) is 2.05. The number of nitrogens with two attached hydrogens (primary N) is 1. The molecule has 2 N–H and O–H groups in total. The van der Waals surface area contributed by atoms with E-state index in [1.165, 1.54) is 24.1 Å². The lowest BCUT2D eigenvalue weighted by molar-refractivity contribution is 0.652. The van der Waals surface area contributed by atoms with Gasteiger partial charge in [0.25, 0.3) is 0 Å². The summed E-state index contributed by atoms with van der Waals surface area (Å²) in [7, 11) is 0. The normalized spacial score (nSPS) is 14.6. The van der Waals surface area contributed by atoms with Crippen LogP contribution in [0.2, 0.25) is 5.02 Å². The summed E-state index contributed by atoms with van der Waals surface area (Å²) in [6.07, 6.45) is 4.53. The number of hydrogen-bond donors (Lipinski definition) is 1. The Bertz CT molecular complexity index is 601. The largest absolute Gasteiger partial charge is 0.382 e. The molecule has 1 aromatic heterocycles. The van der Waals surface area contributed by atoms with Crippen LogP contribution >= 0.6 is 11.6 Å². The molecule has 4 heteroatoms. The van der Waals surface area contributed by atoms with Gasteiger partial charge in [-0.05, 0) is 56.4 Å². The summed E-state index contributed by atoms with van der Waals surface area (Å²) in [5.41, 5.74) is 10.7. The van der Waals surface area contributed by atoms with Crippen molar-refractivity contribution < 1.29 is 0 Å². The molecular formula is C14H16ClN3. The quantitative estimate of drug-likeness (QED) is 0.856. The molecule has 18 heavy (non-hydrogen) atoms. The summed E-state index contributed by atoms with van der Waals surface area (Å²) in [5.74, 6) is 0.680. The predicted molar refractivity (Wildman–Crippen MR) is 74.4 cm³/mol. The lowest BCUT2D eigenvalue weighted by atomic mass is 9.97. The van der Waals surface area contributed by atoms with Crippen LogP contribution in [0.4, 0.5) is 5.82 Å². The van der Waals surface area contributed by atoms with Crippen LogP contribution in [-0.2, 0) is 12.8 Å². The third-order valence-electron chi connectivity index (χ3n) is 3.60. The number of anilines is 1. The number of hydrogen-bond acceptors (Lipinski definition) is 2. The molecule has 0 bridgehead atoms. The van der Waals surface area contributed by atoms with Gasteiger partial charge in [-0.2, -0.15) is 5.10 Å². The summed E-state index contributed by atoms with van der Waals surface area (Å²) in [6, 6.07) is 5.87. The third kappa shape index (κ3) is 1.79. The van der Waals surface area contributed by atoms with E-state index in [2.05, 4.69) is 5.10 Å². The predicted octanol–water partition coefficient (Wildman–Crippen LogP) is 3.30. The van der Waals surface area contributed by atoms with Crippen molar-refractivity contribution in [1.82, 2.24) is 9.78 Å². The summed E-state index contributed by atoms with van der Waals surface area (Å²) in [5, 5.41) is 5.26. The Morgan fingerprint density at radius 3 is 2.83 bits per heavy atom. The van der Waals surface area contributed by atoms with Crippen LogP contribution in [0.15, 0.2) is 18.2 Å². The van der Waals surface area contributed by atoms with Gasteiger partial charge in [0.1, 0.15) is 5.82 Å². The van der Waals surface area contributed by atoms with E-state index in [1.54, 1.807) is 0 Å². The lowest BCUT2D eigenvalue weighted by Crippen LogP contribution is -2.08. The number of halogens is 1. The maximum Gasteiger partial charge on any atom is 0.149 e. The molecule has 2 aromatic rings. The number of fused-ring (bicyclic) bond motifs is 1. The van der Waals surface area contributed by atoms with Gasteiger partial charge in [-0.3, -0.25) is 0 Å². The summed E-state index contributed by atoms with van der Waals surface area (Å²) in [4.78, 5) is 0. The molecule has 3 nitrogen and oxygen atoms in total.